The van der Waals surface area contributed by atoms with E-state index in [-0.39, 0.29) is 25.7 Å². The van der Waals surface area contributed by atoms with E-state index in [1.165, 1.54) is 4.90 Å². The number of carboxylic acid groups (broad SMARTS) is 1. The zero-order valence-electron chi connectivity index (χ0n) is 17.7. The molecule has 1 fully saturated rings. The number of nitrogens with zero attached hydrogens (tertiary/aromatic N) is 1. The lowest BCUT2D eigenvalue weighted by Crippen LogP contribution is -2.30. The Hall–Kier alpha value is -3.24. The third kappa shape index (κ3) is 5.40. The van der Waals surface area contributed by atoms with Crippen LogP contribution in [0.2, 0.25) is 0 Å². The number of carbonyl (C=O) groups is 2. The summed E-state index contributed by atoms with van der Waals surface area (Å²) < 4.78 is 22.8. The molecule has 172 valence electrons. The van der Waals surface area contributed by atoms with Crippen LogP contribution < -0.4 is 18.9 Å². The van der Waals surface area contributed by atoms with Gasteiger partial charge in [-0.25, -0.2) is 0 Å². The second-order valence-electron chi connectivity index (χ2n) is 7.09. The van der Waals surface area contributed by atoms with Gasteiger partial charge in [0.05, 0.1) is 17.9 Å². The summed E-state index contributed by atoms with van der Waals surface area (Å²) >= 11 is 6.39. The monoisotopic (exact) mass is 487 g/mol. The van der Waals surface area contributed by atoms with Gasteiger partial charge in [0, 0.05) is 6.54 Å². The van der Waals surface area contributed by atoms with Crippen LogP contribution in [-0.2, 0) is 16.2 Å². The standard InChI is InChI=1S/C23H21NO7S2/c1-2-28-18-9-14(11-20-22(27)24(23(32)33-20)8-7-21(25)26)3-5-16(18)29-12-15-4-6-17-19(10-15)31-13-30-17/h3-6,9-11H,2,7-8,12-13H2,1H3,(H,25,26)/b20-11+. The van der Waals surface area contributed by atoms with E-state index < -0.39 is 5.97 Å². The van der Waals surface area contributed by atoms with Crippen LogP contribution in [0.5, 0.6) is 23.0 Å². The smallest absolute Gasteiger partial charge is 0.305 e. The molecular weight excluding hydrogens is 466 g/mol. The minimum atomic E-state index is -0.981. The van der Waals surface area contributed by atoms with Crippen molar-refractivity contribution in [3.8, 4) is 23.0 Å². The fourth-order valence-electron chi connectivity index (χ4n) is 3.25. The highest BCUT2D eigenvalue weighted by Crippen LogP contribution is 2.36. The van der Waals surface area contributed by atoms with Gasteiger partial charge < -0.3 is 24.1 Å². The van der Waals surface area contributed by atoms with Crippen LogP contribution in [0, 0.1) is 0 Å². The molecule has 2 aliphatic heterocycles. The first-order valence-corrected chi connectivity index (χ1v) is 11.4. The second kappa shape index (κ2) is 10.1. The summed E-state index contributed by atoms with van der Waals surface area (Å²) in [7, 11) is 0. The van der Waals surface area contributed by atoms with Crippen molar-refractivity contribution in [3.63, 3.8) is 0 Å². The lowest BCUT2D eigenvalue weighted by Gasteiger charge is -2.13. The summed E-state index contributed by atoms with van der Waals surface area (Å²) in [4.78, 5) is 25.2. The van der Waals surface area contributed by atoms with E-state index in [1.54, 1.807) is 18.2 Å². The molecule has 0 unspecified atom stereocenters. The number of amides is 1. The number of carboxylic acids is 1. The van der Waals surface area contributed by atoms with Gasteiger partial charge in [-0.15, -0.1) is 0 Å². The fourth-order valence-corrected chi connectivity index (χ4v) is 4.55. The average molecular weight is 488 g/mol. The number of ether oxygens (including phenoxy) is 4. The Labute approximate surface area is 200 Å². The van der Waals surface area contributed by atoms with Gasteiger partial charge in [-0.2, -0.15) is 0 Å². The molecule has 2 aromatic rings. The number of carbonyl (C=O) groups excluding carboxylic acids is 1. The third-order valence-corrected chi connectivity index (χ3v) is 6.20. The number of aliphatic carboxylic acids is 1. The normalized spacial score (nSPS) is 15.9. The summed E-state index contributed by atoms with van der Waals surface area (Å²) in [6, 6.07) is 11.0. The molecule has 8 nitrogen and oxygen atoms in total. The number of fused-ring (bicyclic) bond motifs is 1. The van der Waals surface area contributed by atoms with Gasteiger partial charge >= 0.3 is 5.97 Å². The summed E-state index contributed by atoms with van der Waals surface area (Å²) in [5, 5.41) is 8.87. The van der Waals surface area contributed by atoms with E-state index in [0.717, 1.165) is 22.9 Å². The molecule has 2 aliphatic rings. The topological polar surface area (TPSA) is 94.5 Å². The Morgan fingerprint density at radius 1 is 1.18 bits per heavy atom. The number of thioether (sulfide) groups is 1. The Morgan fingerprint density at radius 3 is 2.79 bits per heavy atom. The Kier molecular flexibility index (Phi) is 7.05. The highest BCUT2D eigenvalue weighted by atomic mass is 32.2. The highest BCUT2D eigenvalue weighted by molar-refractivity contribution is 8.26. The quantitative estimate of drug-likeness (QED) is 0.415. The van der Waals surface area contributed by atoms with Gasteiger partial charge in [-0.05, 0) is 48.4 Å². The molecule has 0 spiro atoms. The number of rotatable bonds is 9. The molecule has 1 saturated heterocycles. The predicted molar refractivity (Wildman–Crippen MR) is 127 cm³/mol. The maximum absolute atomic E-state index is 12.6. The van der Waals surface area contributed by atoms with Crippen LogP contribution in [0.15, 0.2) is 41.3 Å². The number of benzene rings is 2. The van der Waals surface area contributed by atoms with Crippen LogP contribution in [0.1, 0.15) is 24.5 Å². The molecule has 1 amide bonds. The van der Waals surface area contributed by atoms with Crippen LogP contribution in [0.4, 0.5) is 0 Å². The fraction of sp³-hybridized carbons (Fsp3) is 0.261. The molecule has 0 saturated carbocycles. The van der Waals surface area contributed by atoms with Crippen molar-refractivity contribution in [1.29, 1.82) is 0 Å². The largest absolute Gasteiger partial charge is 0.490 e. The van der Waals surface area contributed by atoms with E-state index in [4.69, 9.17) is 36.3 Å². The van der Waals surface area contributed by atoms with Gasteiger partial charge in [0.2, 0.25) is 6.79 Å². The summed E-state index contributed by atoms with van der Waals surface area (Å²) in [5.41, 5.74) is 1.67. The van der Waals surface area contributed by atoms with Gasteiger partial charge in [-0.1, -0.05) is 36.1 Å². The third-order valence-electron chi connectivity index (χ3n) is 4.82. The van der Waals surface area contributed by atoms with Crippen molar-refractivity contribution in [2.45, 2.75) is 20.0 Å². The van der Waals surface area contributed by atoms with Crippen LogP contribution in [0.25, 0.3) is 6.08 Å². The molecule has 2 aromatic carbocycles. The lowest BCUT2D eigenvalue weighted by atomic mass is 10.1. The highest BCUT2D eigenvalue weighted by Gasteiger charge is 2.32. The summed E-state index contributed by atoms with van der Waals surface area (Å²) in [6.07, 6.45) is 1.55. The molecule has 0 bridgehead atoms. The molecule has 0 radical (unpaired) electrons. The molecular formula is C23H21NO7S2. The van der Waals surface area contributed by atoms with E-state index in [1.807, 2.05) is 31.2 Å². The zero-order chi connectivity index (χ0) is 23.4. The minimum Gasteiger partial charge on any atom is -0.490 e. The maximum Gasteiger partial charge on any atom is 0.305 e. The molecule has 10 heteroatoms. The van der Waals surface area contributed by atoms with Crippen LogP contribution in [-0.4, -0.2) is 46.1 Å². The van der Waals surface area contributed by atoms with Gasteiger partial charge in [0.25, 0.3) is 5.91 Å². The first-order valence-electron chi connectivity index (χ1n) is 10.2. The molecule has 4 rings (SSSR count). The maximum atomic E-state index is 12.6. The number of hydrogen-bond acceptors (Lipinski definition) is 8. The Bertz CT molecular complexity index is 1130. The first kappa shape index (κ1) is 22.9. The van der Waals surface area contributed by atoms with Crippen molar-refractivity contribution < 1.29 is 33.6 Å². The lowest BCUT2D eigenvalue weighted by molar-refractivity contribution is -0.137. The van der Waals surface area contributed by atoms with Crippen molar-refractivity contribution >= 4 is 46.3 Å². The molecule has 0 atom stereocenters. The van der Waals surface area contributed by atoms with Crippen LogP contribution in [0.3, 0.4) is 0 Å². The van der Waals surface area contributed by atoms with Crippen molar-refractivity contribution in [1.82, 2.24) is 4.90 Å². The first-order chi connectivity index (χ1) is 15.9. The number of hydrogen-bond donors (Lipinski definition) is 1. The average Bonchev–Trinajstić information content (AvgIpc) is 3.35. The molecule has 0 aromatic heterocycles. The molecule has 0 aliphatic carbocycles. The number of thiocarbonyl (C=S) groups is 1. The van der Waals surface area contributed by atoms with Crippen molar-refractivity contribution in [2.75, 3.05) is 19.9 Å². The molecule has 1 N–H and O–H groups in total. The predicted octanol–water partition coefficient (Wildman–Crippen LogP) is 4.07. The van der Waals surface area contributed by atoms with E-state index in [0.29, 0.717) is 45.4 Å². The summed E-state index contributed by atoms with van der Waals surface area (Å²) in [5.74, 6) is 1.25. The van der Waals surface area contributed by atoms with Crippen molar-refractivity contribution in [3.05, 3.63) is 52.4 Å². The zero-order valence-corrected chi connectivity index (χ0v) is 19.4. The minimum absolute atomic E-state index is 0.0498. The van der Waals surface area contributed by atoms with E-state index >= 15 is 0 Å². The van der Waals surface area contributed by atoms with Gasteiger partial charge in [0.15, 0.2) is 23.0 Å². The van der Waals surface area contributed by atoms with E-state index in [9.17, 15) is 9.59 Å². The summed E-state index contributed by atoms with van der Waals surface area (Å²) in [6.45, 7) is 2.91. The van der Waals surface area contributed by atoms with E-state index in [2.05, 4.69) is 0 Å². The molecule has 33 heavy (non-hydrogen) atoms. The second-order valence-corrected chi connectivity index (χ2v) is 8.77. The molecule has 2 heterocycles. The van der Waals surface area contributed by atoms with Gasteiger partial charge in [-0.3, -0.25) is 14.5 Å². The van der Waals surface area contributed by atoms with Gasteiger partial charge in [0.1, 0.15) is 10.9 Å². The Morgan fingerprint density at radius 2 is 2.00 bits per heavy atom. The Balaban J connectivity index is 1.48. The SMILES string of the molecule is CCOc1cc(/C=C2/SC(=S)N(CCC(=O)O)C2=O)ccc1OCc1ccc2c(c1)OCO2. The van der Waals surface area contributed by atoms with Crippen molar-refractivity contribution in [2.24, 2.45) is 0 Å². The van der Waals surface area contributed by atoms with Crippen LogP contribution >= 0.6 is 24.0 Å².